The van der Waals surface area contributed by atoms with Crippen LogP contribution in [0, 0.1) is 5.92 Å². The van der Waals surface area contributed by atoms with Crippen molar-refractivity contribution in [2.45, 2.75) is 65.0 Å². The molecule has 0 aromatic heterocycles. The molecule has 2 atom stereocenters. The third kappa shape index (κ3) is 7.78. The number of ether oxygens (including phenoxy) is 2. The lowest BCUT2D eigenvalue weighted by Crippen LogP contribution is -2.38. The van der Waals surface area contributed by atoms with Crippen molar-refractivity contribution in [3.05, 3.63) is 41.7 Å². The highest BCUT2D eigenvalue weighted by atomic mass is 31.2. The van der Waals surface area contributed by atoms with Gasteiger partial charge in [0.05, 0.1) is 0 Å². The van der Waals surface area contributed by atoms with E-state index in [1.54, 1.807) is 12.1 Å². The van der Waals surface area contributed by atoms with Crippen LogP contribution in [0.4, 0.5) is 4.79 Å². The molecule has 0 saturated heterocycles. The Hall–Kier alpha value is -1.62. The van der Waals surface area contributed by atoms with Gasteiger partial charge >= 0.3 is 13.8 Å². The van der Waals surface area contributed by atoms with E-state index in [2.05, 4.69) is 5.32 Å². The molecule has 6 nitrogen and oxygen atoms in total. The van der Waals surface area contributed by atoms with E-state index in [4.69, 9.17) is 9.47 Å². The predicted octanol–water partition coefficient (Wildman–Crippen LogP) is 4.84. The normalized spacial score (nSPS) is 18.8. The highest BCUT2D eigenvalue weighted by Crippen LogP contribution is 2.61. The standard InChI is InChI=1S/C21H32NO5P/c1-16(22-20(23)27-21(2,3)4)14-17-10-12-19(13-11-17)28(24,25)15-26-18-8-6-5-7-9-18/h5-9,12,16-17,24-25H,10-11,13-15H2,1-4H3/p+1/t16-,17?/m1/s1. The van der Waals surface area contributed by atoms with Crippen LogP contribution in [0.5, 0.6) is 5.75 Å². The van der Waals surface area contributed by atoms with Crippen LogP contribution in [-0.4, -0.2) is 33.9 Å². The van der Waals surface area contributed by atoms with E-state index in [0.717, 1.165) is 19.3 Å². The van der Waals surface area contributed by atoms with Gasteiger partial charge in [-0.2, -0.15) is 0 Å². The zero-order chi connectivity index (χ0) is 20.8. The van der Waals surface area contributed by atoms with Crippen molar-refractivity contribution in [1.29, 1.82) is 0 Å². The van der Waals surface area contributed by atoms with Crippen molar-refractivity contribution in [2.75, 3.05) is 6.35 Å². The van der Waals surface area contributed by atoms with Gasteiger partial charge in [-0.15, -0.1) is 0 Å². The lowest BCUT2D eigenvalue weighted by Gasteiger charge is -2.27. The van der Waals surface area contributed by atoms with Gasteiger partial charge in [0.25, 0.3) is 6.35 Å². The fourth-order valence-electron chi connectivity index (χ4n) is 3.25. The van der Waals surface area contributed by atoms with Gasteiger partial charge in [0.1, 0.15) is 16.7 Å². The second-order valence-corrected chi connectivity index (χ2v) is 10.7. The van der Waals surface area contributed by atoms with E-state index in [0.29, 0.717) is 23.4 Å². The molecule has 1 aromatic carbocycles. The Morgan fingerprint density at radius 1 is 1.29 bits per heavy atom. The van der Waals surface area contributed by atoms with E-state index >= 15 is 0 Å². The molecule has 7 heteroatoms. The number of nitrogens with one attached hydrogen (secondary N) is 1. The molecule has 0 fully saturated rings. The smallest absolute Gasteiger partial charge is 0.407 e. The Morgan fingerprint density at radius 2 is 1.96 bits per heavy atom. The zero-order valence-electron chi connectivity index (χ0n) is 17.2. The van der Waals surface area contributed by atoms with Gasteiger partial charge in [-0.25, -0.2) is 14.6 Å². The second-order valence-electron chi connectivity index (χ2n) is 8.44. The van der Waals surface area contributed by atoms with Crippen LogP contribution in [0.2, 0.25) is 0 Å². The molecule has 0 saturated carbocycles. The summed E-state index contributed by atoms with van der Waals surface area (Å²) in [6, 6.07) is 9.17. The molecule has 1 aliphatic rings. The maximum Gasteiger partial charge on any atom is 0.407 e. The number of carbonyl (C=O) groups is 1. The highest BCUT2D eigenvalue weighted by molar-refractivity contribution is 7.68. The van der Waals surface area contributed by atoms with Crippen LogP contribution in [0.25, 0.3) is 0 Å². The molecule has 0 bridgehead atoms. The molecule has 3 N–H and O–H groups in total. The van der Waals surface area contributed by atoms with Gasteiger partial charge in [-0.1, -0.05) is 18.2 Å². The van der Waals surface area contributed by atoms with Crippen molar-refractivity contribution in [1.82, 2.24) is 5.32 Å². The Kier molecular flexibility index (Phi) is 7.87. The molecule has 0 radical (unpaired) electrons. The van der Waals surface area contributed by atoms with Crippen molar-refractivity contribution in [3.63, 3.8) is 0 Å². The first-order valence-corrected chi connectivity index (χ1v) is 11.6. The van der Waals surface area contributed by atoms with E-state index in [-0.39, 0.29) is 12.4 Å². The van der Waals surface area contributed by atoms with Gasteiger partial charge in [-0.3, -0.25) is 0 Å². The Labute approximate surface area is 168 Å². The van der Waals surface area contributed by atoms with E-state index < -0.39 is 19.4 Å². The molecule has 0 heterocycles. The summed E-state index contributed by atoms with van der Waals surface area (Å²) in [5, 5.41) is 3.57. The Balaban J connectivity index is 1.80. The number of allylic oxidation sites excluding steroid dienone is 2. The molecule has 0 spiro atoms. The van der Waals surface area contributed by atoms with E-state index in [1.807, 2.05) is 52.0 Å². The van der Waals surface area contributed by atoms with Crippen molar-refractivity contribution >= 4 is 13.8 Å². The minimum atomic E-state index is -3.24. The SMILES string of the molecule is C[C@H](CC1CC=C([P+](O)(O)COc2ccccc2)CC1)NC(=O)OC(C)(C)C. The average molecular weight is 410 g/mol. The molecule has 0 aliphatic heterocycles. The molecule has 1 aromatic rings. The van der Waals surface area contributed by atoms with Crippen molar-refractivity contribution < 1.29 is 24.1 Å². The van der Waals surface area contributed by atoms with Gasteiger partial charge in [0.15, 0.2) is 0 Å². The first kappa shape index (κ1) is 22.7. The first-order valence-electron chi connectivity index (χ1n) is 9.76. The van der Waals surface area contributed by atoms with Crippen LogP contribution in [-0.2, 0) is 4.74 Å². The third-order valence-electron chi connectivity index (χ3n) is 4.56. The molecule has 1 aliphatic carbocycles. The van der Waals surface area contributed by atoms with Crippen LogP contribution in [0.1, 0.15) is 53.4 Å². The fraction of sp³-hybridized carbons (Fsp3) is 0.571. The summed E-state index contributed by atoms with van der Waals surface area (Å²) < 4.78 is 10.8. The third-order valence-corrected chi connectivity index (χ3v) is 6.38. The minimum absolute atomic E-state index is 0.000907. The second kappa shape index (κ2) is 9.73. The van der Waals surface area contributed by atoms with Crippen LogP contribution in [0.15, 0.2) is 41.7 Å². The lowest BCUT2D eigenvalue weighted by atomic mass is 9.89. The topological polar surface area (TPSA) is 88.0 Å². The largest absolute Gasteiger partial charge is 0.453 e. The minimum Gasteiger partial charge on any atom is -0.453 e. The number of alkyl carbamates (subject to hydrolysis) is 1. The molecule has 28 heavy (non-hydrogen) atoms. The van der Waals surface area contributed by atoms with Gasteiger partial charge in [-0.05, 0) is 71.1 Å². The number of hydrogen-bond donors (Lipinski definition) is 3. The lowest BCUT2D eigenvalue weighted by molar-refractivity contribution is 0.0502. The number of hydrogen-bond acceptors (Lipinski definition) is 5. The van der Waals surface area contributed by atoms with Gasteiger partial charge in [0.2, 0.25) is 0 Å². The first-order chi connectivity index (χ1) is 13.0. The quantitative estimate of drug-likeness (QED) is 0.560. The highest BCUT2D eigenvalue weighted by Gasteiger charge is 2.41. The Morgan fingerprint density at radius 3 is 2.54 bits per heavy atom. The summed E-state index contributed by atoms with van der Waals surface area (Å²) >= 11 is 0. The Bertz CT molecular complexity index is 669. The summed E-state index contributed by atoms with van der Waals surface area (Å²) in [7, 11) is -3.24. The molecule has 156 valence electrons. The molecular formula is C21H33NO5P+. The summed E-state index contributed by atoms with van der Waals surface area (Å²) in [4.78, 5) is 32.9. The number of amides is 1. The molecule has 2 rings (SSSR count). The zero-order valence-corrected chi connectivity index (χ0v) is 18.1. The molecular weight excluding hydrogens is 377 g/mol. The summed E-state index contributed by atoms with van der Waals surface area (Å²) in [5.74, 6) is 1.02. The number of carbonyl (C=O) groups excluding carboxylic acids is 1. The van der Waals surface area contributed by atoms with Crippen molar-refractivity contribution in [2.24, 2.45) is 5.92 Å². The van der Waals surface area contributed by atoms with E-state index in [1.165, 1.54) is 0 Å². The maximum absolute atomic E-state index is 11.9. The van der Waals surface area contributed by atoms with Crippen LogP contribution < -0.4 is 10.1 Å². The van der Waals surface area contributed by atoms with Crippen LogP contribution >= 0.6 is 7.72 Å². The predicted molar refractivity (Wildman–Crippen MR) is 112 cm³/mol. The van der Waals surface area contributed by atoms with Crippen molar-refractivity contribution in [3.8, 4) is 5.75 Å². The fourth-order valence-corrected chi connectivity index (χ4v) is 4.63. The number of para-hydroxylation sites is 1. The van der Waals surface area contributed by atoms with Crippen LogP contribution in [0.3, 0.4) is 0 Å². The molecule has 1 amide bonds. The van der Waals surface area contributed by atoms with Gasteiger partial charge in [0, 0.05) is 12.5 Å². The number of benzene rings is 1. The van der Waals surface area contributed by atoms with Gasteiger partial charge < -0.3 is 14.8 Å². The monoisotopic (exact) mass is 410 g/mol. The van der Waals surface area contributed by atoms with E-state index in [9.17, 15) is 14.6 Å². The molecule has 1 unspecified atom stereocenters. The summed E-state index contributed by atoms with van der Waals surface area (Å²) in [6.45, 7) is 7.48. The average Bonchev–Trinajstić information content (AvgIpc) is 2.59. The summed E-state index contributed by atoms with van der Waals surface area (Å²) in [6.07, 6.45) is 4.54. The summed E-state index contributed by atoms with van der Waals surface area (Å²) in [5.41, 5.74) is -0.511. The number of rotatable bonds is 7. The maximum atomic E-state index is 11.9.